The topological polar surface area (TPSA) is 125 Å². The predicted octanol–water partition coefficient (Wildman–Crippen LogP) is 3.78. The van der Waals surface area contributed by atoms with Crippen LogP contribution in [0.5, 0.6) is 0 Å². The Kier molecular flexibility index (Phi) is 9.20. The average Bonchev–Trinajstić information content (AvgIpc) is 3.50. The molecule has 7 atom stereocenters. The largest absolute Gasteiger partial charge is 0.463 e. The van der Waals surface area contributed by atoms with Gasteiger partial charge >= 0.3 is 5.97 Å². The van der Waals surface area contributed by atoms with Crippen LogP contribution in [0.15, 0.2) is 85.0 Å². The zero-order valence-electron chi connectivity index (χ0n) is 27.0. The number of nitrogens with one attached hydrogen (secondary N) is 1. The van der Waals surface area contributed by atoms with Crippen molar-refractivity contribution in [3.63, 3.8) is 0 Å². The van der Waals surface area contributed by atoms with Crippen molar-refractivity contribution in [1.82, 2.24) is 15.1 Å². The first-order chi connectivity index (χ1) is 23.4. The van der Waals surface area contributed by atoms with Gasteiger partial charge in [-0.3, -0.25) is 19.2 Å². The summed E-state index contributed by atoms with van der Waals surface area (Å²) in [4.78, 5) is 60.4. The Morgan fingerprint density at radius 3 is 2.38 bits per heavy atom. The quantitative estimate of drug-likeness (QED) is 0.372. The lowest BCUT2D eigenvalue weighted by atomic mass is 9.77. The highest BCUT2D eigenvalue weighted by atomic mass is 16.5. The minimum absolute atomic E-state index is 0.0355. The van der Waals surface area contributed by atoms with E-state index in [9.17, 15) is 24.3 Å². The molecule has 10 nitrogen and oxygen atoms in total. The Hall–Kier alpha value is -4.28. The fourth-order valence-electron chi connectivity index (χ4n) is 8.48. The van der Waals surface area contributed by atoms with Gasteiger partial charge in [0.15, 0.2) is 0 Å². The zero-order chi connectivity index (χ0) is 33.3. The molecule has 1 spiro atoms. The van der Waals surface area contributed by atoms with Crippen LogP contribution in [0.2, 0.25) is 0 Å². The minimum atomic E-state index is -1.45. The van der Waals surface area contributed by atoms with Crippen molar-refractivity contribution in [3.05, 3.63) is 96.1 Å². The standard InChI is InChI=1S/C38H43N3O7/c42-23-29(26-15-6-2-7-16-26)41-34-37(46)40(27-17-8-3-9-18-27)22-12-21-38(34)33(36(41)45)32-30(48-38)19-10-11-20-31(43)47-24-28(39-35(32)44)25-13-4-1-5-14-25/h1-2,4-7,10,12-16,19,21,27-30,32-34,42H,3,8-9,11,17-18,20,22-24H2,(H,39,44)/b19-10-/t28-,29+,30+,32-,33-,34+,38-/m0/s1. The van der Waals surface area contributed by atoms with Crippen molar-refractivity contribution in [3.8, 4) is 0 Å². The summed E-state index contributed by atoms with van der Waals surface area (Å²) in [6.45, 7) is -0.0939. The molecular weight excluding hydrogens is 610 g/mol. The molecule has 2 aromatic rings. The Morgan fingerprint density at radius 1 is 0.917 bits per heavy atom. The van der Waals surface area contributed by atoms with E-state index in [1.807, 2.05) is 77.7 Å². The van der Waals surface area contributed by atoms with E-state index >= 15 is 0 Å². The molecule has 2 saturated heterocycles. The number of rotatable bonds is 5. The molecule has 0 bridgehead atoms. The number of allylic oxidation sites excluding steroid dienone is 1. The van der Waals surface area contributed by atoms with Gasteiger partial charge in [-0.15, -0.1) is 0 Å². The molecule has 10 heteroatoms. The van der Waals surface area contributed by atoms with Gasteiger partial charge in [0.05, 0.1) is 36.6 Å². The number of fused-ring (bicyclic) bond motifs is 2. The van der Waals surface area contributed by atoms with Gasteiger partial charge in [-0.25, -0.2) is 0 Å². The van der Waals surface area contributed by atoms with Crippen molar-refractivity contribution in [2.75, 3.05) is 19.8 Å². The van der Waals surface area contributed by atoms with Gasteiger partial charge in [-0.05, 0) is 30.4 Å². The molecule has 2 aromatic carbocycles. The second-order valence-corrected chi connectivity index (χ2v) is 13.5. The number of hydrogen-bond donors (Lipinski definition) is 2. The van der Waals surface area contributed by atoms with Crippen LogP contribution in [0.3, 0.4) is 0 Å². The van der Waals surface area contributed by atoms with Crippen molar-refractivity contribution in [2.45, 2.75) is 80.8 Å². The Labute approximate surface area is 280 Å². The zero-order valence-corrected chi connectivity index (χ0v) is 27.0. The van der Waals surface area contributed by atoms with Crippen LogP contribution in [0, 0.1) is 11.8 Å². The molecule has 3 amide bonds. The summed E-state index contributed by atoms with van der Waals surface area (Å²) in [7, 11) is 0. The number of cyclic esters (lactones) is 1. The number of ether oxygens (including phenoxy) is 2. The summed E-state index contributed by atoms with van der Waals surface area (Å²) >= 11 is 0. The van der Waals surface area contributed by atoms with Gasteiger partial charge in [0.2, 0.25) is 17.7 Å². The minimum Gasteiger partial charge on any atom is -0.463 e. The molecule has 7 rings (SSSR count). The van der Waals surface area contributed by atoms with E-state index in [-0.39, 0.29) is 30.9 Å². The lowest BCUT2D eigenvalue weighted by Crippen LogP contribution is -2.58. The summed E-state index contributed by atoms with van der Waals surface area (Å²) < 4.78 is 12.5. The third-order valence-electron chi connectivity index (χ3n) is 10.7. The molecular formula is C38H43N3O7. The molecule has 48 heavy (non-hydrogen) atoms. The van der Waals surface area contributed by atoms with Crippen LogP contribution in [0.25, 0.3) is 0 Å². The van der Waals surface area contributed by atoms with Crippen molar-refractivity contribution in [1.29, 1.82) is 0 Å². The van der Waals surface area contributed by atoms with Gasteiger partial charge in [0, 0.05) is 19.0 Å². The number of nitrogens with zero attached hydrogens (tertiary/aromatic N) is 2. The van der Waals surface area contributed by atoms with E-state index in [0.29, 0.717) is 18.5 Å². The van der Waals surface area contributed by atoms with Crippen LogP contribution < -0.4 is 5.32 Å². The maximum absolute atomic E-state index is 15.0. The molecule has 4 heterocycles. The molecule has 0 radical (unpaired) electrons. The second kappa shape index (κ2) is 13.7. The van der Waals surface area contributed by atoms with Crippen LogP contribution in [-0.4, -0.2) is 82.1 Å². The summed E-state index contributed by atoms with van der Waals surface area (Å²) in [5.41, 5.74) is -0.00374. The van der Waals surface area contributed by atoms with Crippen LogP contribution >= 0.6 is 0 Å². The van der Waals surface area contributed by atoms with Crippen LogP contribution in [0.4, 0.5) is 0 Å². The van der Waals surface area contributed by atoms with Gasteiger partial charge in [-0.1, -0.05) is 104 Å². The number of carbonyl (C=O) groups excluding carboxylic acids is 4. The Morgan fingerprint density at radius 2 is 1.65 bits per heavy atom. The third kappa shape index (κ3) is 5.75. The molecule has 1 saturated carbocycles. The van der Waals surface area contributed by atoms with Crippen molar-refractivity contribution in [2.24, 2.45) is 11.8 Å². The lowest BCUT2D eigenvalue weighted by Gasteiger charge is -2.41. The highest BCUT2D eigenvalue weighted by Gasteiger charge is 2.72. The van der Waals surface area contributed by atoms with Crippen LogP contribution in [-0.2, 0) is 28.7 Å². The smallest absolute Gasteiger partial charge is 0.306 e. The average molecular weight is 654 g/mol. The molecule has 5 aliphatic rings. The third-order valence-corrected chi connectivity index (χ3v) is 10.7. The number of aliphatic hydroxyl groups is 1. The Bertz CT molecular complexity index is 1570. The first kappa shape index (κ1) is 32.3. The molecule has 1 aliphatic carbocycles. The first-order valence-electron chi connectivity index (χ1n) is 17.2. The highest BCUT2D eigenvalue weighted by Crippen LogP contribution is 2.55. The maximum Gasteiger partial charge on any atom is 0.306 e. The van der Waals surface area contributed by atoms with E-state index in [1.54, 1.807) is 12.2 Å². The lowest BCUT2D eigenvalue weighted by molar-refractivity contribution is -0.152. The monoisotopic (exact) mass is 653 g/mol. The van der Waals surface area contributed by atoms with Crippen molar-refractivity contribution < 1.29 is 33.8 Å². The fraction of sp³-hybridized carbons (Fsp3) is 0.474. The number of aliphatic hydroxyl groups excluding tert-OH is 1. The SMILES string of the molecule is O=C1CC/C=C\[C@H]2O[C@]34C=CCN(C5CCCCC5)C(=O)[C@H]3N([C@H](CO)c3ccccc3)C(=O)[C@@H]4[C@H]2C(=O)N[C@H](c2ccccc2)CO1. The van der Waals surface area contributed by atoms with Gasteiger partial charge in [-0.2, -0.15) is 0 Å². The molecule has 3 fully saturated rings. The Balaban J connectivity index is 1.33. The normalized spacial score (nSPS) is 32.6. The summed E-state index contributed by atoms with van der Waals surface area (Å²) in [5, 5.41) is 13.9. The molecule has 252 valence electrons. The maximum atomic E-state index is 15.0. The van der Waals surface area contributed by atoms with Gasteiger partial charge in [0.1, 0.15) is 18.2 Å². The van der Waals surface area contributed by atoms with Gasteiger partial charge < -0.3 is 29.7 Å². The number of benzene rings is 2. The van der Waals surface area contributed by atoms with E-state index in [0.717, 1.165) is 37.7 Å². The van der Waals surface area contributed by atoms with E-state index in [4.69, 9.17) is 9.47 Å². The first-order valence-corrected chi connectivity index (χ1v) is 17.2. The van der Waals surface area contributed by atoms with E-state index in [1.165, 1.54) is 4.90 Å². The van der Waals surface area contributed by atoms with E-state index in [2.05, 4.69) is 5.32 Å². The van der Waals surface area contributed by atoms with E-state index < -0.39 is 60.1 Å². The molecule has 4 aliphatic heterocycles. The number of esters is 1. The number of hydrogen-bond acceptors (Lipinski definition) is 7. The summed E-state index contributed by atoms with van der Waals surface area (Å²) in [6.07, 6.45) is 11.9. The number of likely N-dealkylation sites (tertiary alicyclic amines) is 1. The second-order valence-electron chi connectivity index (χ2n) is 13.5. The van der Waals surface area contributed by atoms with Gasteiger partial charge in [0.25, 0.3) is 0 Å². The summed E-state index contributed by atoms with van der Waals surface area (Å²) in [6, 6.07) is 15.9. The number of carbonyl (C=O) groups is 4. The molecule has 0 unspecified atom stereocenters. The van der Waals surface area contributed by atoms with Crippen LogP contribution in [0.1, 0.15) is 68.2 Å². The number of amides is 3. The predicted molar refractivity (Wildman–Crippen MR) is 176 cm³/mol. The highest BCUT2D eigenvalue weighted by molar-refractivity contribution is 6.00. The molecule has 2 N–H and O–H groups in total. The fourth-order valence-corrected chi connectivity index (χ4v) is 8.48. The summed E-state index contributed by atoms with van der Waals surface area (Å²) in [5.74, 6) is -3.46. The molecule has 0 aromatic heterocycles. The van der Waals surface area contributed by atoms with Crippen molar-refractivity contribution >= 4 is 23.7 Å².